The molecule has 2 aromatic heterocycles. The van der Waals surface area contributed by atoms with Crippen molar-refractivity contribution in [3.63, 3.8) is 0 Å². The molecule has 10 nitrogen and oxygen atoms in total. The van der Waals surface area contributed by atoms with Crippen molar-refractivity contribution in [2.45, 2.75) is 88.4 Å². The molecule has 7 rings (SSSR count). The van der Waals surface area contributed by atoms with Crippen LogP contribution in [0.5, 0.6) is 23.0 Å². The molecular formula is C48H52N4O6S2. The fourth-order valence-electron chi connectivity index (χ4n) is 7.57. The molecule has 0 saturated carbocycles. The number of aromatic nitrogens is 4. The van der Waals surface area contributed by atoms with Crippen LogP contribution in [0.15, 0.2) is 105 Å². The maximum absolute atomic E-state index is 11.8. The van der Waals surface area contributed by atoms with E-state index in [0.29, 0.717) is 60.6 Å². The van der Waals surface area contributed by atoms with Crippen LogP contribution in [0.3, 0.4) is 0 Å². The first-order valence-electron chi connectivity index (χ1n) is 20.7. The van der Waals surface area contributed by atoms with E-state index in [-0.39, 0.29) is 22.6 Å². The van der Waals surface area contributed by atoms with E-state index >= 15 is 0 Å². The number of aromatic amines is 2. The molecule has 4 aromatic carbocycles. The van der Waals surface area contributed by atoms with Crippen LogP contribution >= 0.6 is 23.5 Å². The largest absolute Gasteiger partial charge is 0.507 e. The van der Waals surface area contributed by atoms with E-state index in [1.807, 2.05) is 62.4 Å². The summed E-state index contributed by atoms with van der Waals surface area (Å²) in [6.07, 6.45) is 7.42. The molecule has 1 aliphatic rings. The first-order chi connectivity index (χ1) is 29.2. The van der Waals surface area contributed by atoms with Gasteiger partial charge in [-0.3, -0.25) is 9.59 Å². The third-order valence-electron chi connectivity index (χ3n) is 10.5. The average Bonchev–Trinajstić information content (AvgIpc) is 3.20. The maximum Gasteiger partial charge on any atom is 0.251 e. The molecule has 0 radical (unpaired) electrons. The molecule has 0 aliphatic heterocycles. The Morgan fingerprint density at radius 3 is 1.18 bits per heavy atom. The Balaban J connectivity index is 1.07. The highest BCUT2D eigenvalue weighted by atomic mass is 32.2. The molecular weight excluding hydrogens is 793 g/mol. The Morgan fingerprint density at radius 2 is 0.850 bits per heavy atom. The second kappa shape index (κ2) is 20.7. The lowest BCUT2D eigenvalue weighted by atomic mass is 9.91. The Kier molecular flexibility index (Phi) is 14.7. The van der Waals surface area contributed by atoms with Gasteiger partial charge in [0.25, 0.3) is 11.1 Å². The molecule has 0 spiro atoms. The summed E-state index contributed by atoms with van der Waals surface area (Å²) < 4.78 is 13.2. The van der Waals surface area contributed by atoms with Crippen molar-refractivity contribution in [1.29, 1.82) is 0 Å². The van der Waals surface area contributed by atoms with Crippen molar-refractivity contribution in [3.8, 4) is 23.0 Å². The van der Waals surface area contributed by atoms with Crippen LogP contribution in [0.2, 0.25) is 0 Å². The maximum atomic E-state index is 11.8. The molecule has 6 aromatic rings. The van der Waals surface area contributed by atoms with Gasteiger partial charge in [-0.25, -0.2) is 9.97 Å². The zero-order chi connectivity index (χ0) is 41.8. The van der Waals surface area contributed by atoms with E-state index in [1.54, 1.807) is 23.5 Å². The topological polar surface area (TPSA) is 150 Å². The molecule has 2 heterocycles. The number of ether oxygens (including phenoxy) is 2. The molecule has 0 unspecified atom stereocenters. The number of unbranched alkanes of at least 4 members (excludes halogenated alkanes) is 4. The monoisotopic (exact) mass is 844 g/mol. The van der Waals surface area contributed by atoms with Crippen molar-refractivity contribution in [2.75, 3.05) is 24.7 Å². The number of H-pyrrole nitrogens is 2. The molecule has 1 aliphatic carbocycles. The highest BCUT2D eigenvalue weighted by Gasteiger charge is 2.20. The lowest BCUT2D eigenvalue weighted by molar-refractivity contribution is 0.301. The second-order valence-electron chi connectivity index (χ2n) is 15.3. The second-order valence-corrected chi connectivity index (χ2v) is 17.4. The predicted octanol–water partition coefficient (Wildman–Crippen LogP) is 9.24. The highest BCUT2D eigenvalue weighted by molar-refractivity contribution is 7.99. The minimum atomic E-state index is -0.131. The fourth-order valence-corrected chi connectivity index (χ4v) is 9.42. The number of aryl methyl sites for hydroxylation is 2. The van der Waals surface area contributed by atoms with Gasteiger partial charge in [0.2, 0.25) is 0 Å². The molecule has 312 valence electrons. The number of phenolic OH excluding ortho intramolecular Hbond substituents is 2. The molecule has 0 atom stereocenters. The Labute approximate surface area is 359 Å². The van der Waals surface area contributed by atoms with Crippen molar-refractivity contribution in [2.24, 2.45) is 0 Å². The van der Waals surface area contributed by atoms with Crippen molar-refractivity contribution < 1.29 is 19.7 Å². The zero-order valence-corrected chi connectivity index (χ0v) is 35.9. The lowest BCUT2D eigenvalue weighted by Crippen LogP contribution is -2.08. The Hall–Kier alpha value is -5.46. The summed E-state index contributed by atoms with van der Waals surface area (Å²) in [6.45, 7) is 4.69. The SMILES string of the molecule is Cc1cc(=O)[nH]c(SCCCCCOc2c3cccc2Cc2cccc(c2O)Cc2cccc(c2OCCCCCSc2nc(C)cc(=O)[nH]2)Cc2cccc(c2O)C3)n1. The van der Waals surface area contributed by atoms with E-state index < -0.39 is 0 Å². The van der Waals surface area contributed by atoms with Gasteiger partial charge in [0.15, 0.2) is 10.3 Å². The van der Waals surface area contributed by atoms with E-state index in [0.717, 1.165) is 106 Å². The van der Waals surface area contributed by atoms with Crippen LogP contribution in [-0.4, -0.2) is 54.9 Å². The van der Waals surface area contributed by atoms with E-state index in [2.05, 4.69) is 44.2 Å². The fraction of sp³-hybridized carbons (Fsp3) is 0.333. The van der Waals surface area contributed by atoms with Crippen LogP contribution in [0, 0.1) is 13.8 Å². The number of fused-ring (bicyclic) bond motifs is 8. The lowest BCUT2D eigenvalue weighted by Gasteiger charge is -2.20. The number of para-hydroxylation sites is 4. The quantitative estimate of drug-likeness (QED) is 0.0421. The van der Waals surface area contributed by atoms with E-state index in [9.17, 15) is 19.8 Å². The van der Waals surface area contributed by atoms with Gasteiger partial charge in [0, 0.05) is 60.7 Å². The molecule has 0 saturated heterocycles. The normalized spacial score (nSPS) is 12.3. The standard InChI is InChI=1S/C48H52N4O6S2/c1-31-25-41(53)51-47(49-31)59-23-7-3-5-21-57-45-37-17-11-18-38(45)28-34-14-10-16-36(44(34)56)30-40-20-12-19-39(29-35-15-9-13-33(27-37)43(35)55)46(40)58-22-6-4-8-24-60-48-50-32(2)26-42(54)52-48/h9-20,25-26,55-56H,3-8,21-24,27-30H2,1-2H3,(H,49,51,53)(H,50,52,54). The van der Waals surface area contributed by atoms with Gasteiger partial charge in [0.1, 0.15) is 23.0 Å². The molecule has 0 amide bonds. The van der Waals surface area contributed by atoms with Gasteiger partial charge in [-0.1, -0.05) is 96.3 Å². The van der Waals surface area contributed by atoms with Crippen LogP contribution in [0.25, 0.3) is 0 Å². The number of hydrogen-bond acceptors (Lipinski definition) is 10. The zero-order valence-electron chi connectivity index (χ0n) is 34.2. The highest BCUT2D eigenvalue weighted by Crippen LogP contribution is 2.38. The summed E-state index contributed by atoms with van der Waals surface area (Å²) in [4.78, 5) is 38.0. The summed E-state index contributed by atoms with van der Waals surface area (Å²) in [6, 6.07) is 27.2. The van der Waals surface area contributed by atoms with E-state index in [4.69, 9.17) is 9.47 Å². The third-order valence-corrected chi connectivity index (χ3v) is 12.4. The molecule has 12 heteroatoms. The number of aromatic hydroxyl groups is 2. The summed E-state index contributed by atoms with van der Waals surface area (Å²) in [5.74, 6) is 3.80. The molecule has 0 fully saturated rings. The minimum absolute atomic E-state index is 0.131. The summed E-state index contributed by atoms with van der Waals surface area (Å²) >= 11 is 3.11. The smallest absolute Gasteiger partial charge is 0.251 e. The molecule has 8 bridgehead atoms. The predicted molar refractivity (Wildman–Crippen MR) is 240 cm³/mol. The first kappa shape index (κ1) is 42.7. The van der Waals surface area contributed by atoms with E-state index in [1.165, 1.54) is 12.1 Å². The average molecular weight is 845 g/mol. The molecule has 60 heavy (non-hydrogen) atoms. The summed E-state index contributed by atoms with van der Waals surface area (Å²) in [5.41, 5.74) is 8.30. The van der Waals surface area contributed by atoms with Crippen molar-refractivity contribution >= 4 is 23.5 Å². The number of nitrogens with zero attached hydrogens (tertiary/aromatic N) is 2. The van der Waals surface area contributed by atoms with Gasteiger partial charge in [-0.15, -0.1) is 0 Å². The number of nitrogens with one attached hydrogen (secondary N) is 2. The third kappa shape index (κ3) is 11.4. The number of phenols is 2. The van der Waals surface area contributed by atoms with Crippen LogP contribution < -0.4 is 20.6 Å². The van der Waals surface area contributed by atoms with Gasteiger partial charge >= 0.3 is 0 Å². The number of thioether (sulfide) groups is 2. The Bertz CT molecular complexity index is 2280. The summed E-state index contributed by atoms with van der Waals surface area (Å²) in [5, 5.41) is 24.9. The number of benzene rings is 4. The van der Waals surface area contributed by atoms with Gasteiger partial charge < -0.3 is 29.7 Å². The van der Waals surface area contributed by atoms with Crippen LogP contribution in [-0.2, 0) is 25.7 Å². The van der Waals surface area contributed by atoms with Crippen LogP contribution in [0.1, 0.15) is 94.4 Å². The molecule has 4 N–H and O–H groups in total. The van der Waals surface area contributed by atoms with Crippen molar-refractivity contribution in [1.82, 2.24) is 19.9 Å². The summed E-state index contributed by atoms with van der Waals surface area (Å²) in [7, 11) is 0. The van der Waals surface area contributed by atoms with Crippen LogP contribution in [0.4, 0.5) is 0 Å². The number of hydrogen-bond donors (Lipinski definition) is 4. The number of rotatable bonds is 16. The first-order valence-corrected chi connectivity index (χ1v) is 22.7. The van der Waals surface area contributed by atoms with Gasteiger partial charge in [-0.2, -0.15) is 0 Å². The van der Waals surface area contributed by atoms with Gasteiger partial charge in [0.05, 0.1) is 13.2 Å². The van der Waals surface area contributed by atoms with Crippen molar-refractivity contribution in [3.05, 3.63) is 162 Å². The Morgan fingerprint density at radius 1 is 0.517 bits per heavy atom. The van der Waals surface area contributed by atoms with Gasteiger partial charge in [-0.05, 0) is 96.9 Å². The minimum Gasteiger partial charge on any atom is -0.507 e.